The number of hydrogen-bond acceptors (Lipinski definition) is 2. The van der Waals surface area contributed by atoms with Crippen molar-refractivity contribution in [2.75, 3.05) is 0 Å². The van der Waals surface area contributed by atoms with Crippen LogP contribution in [0.5, 0.6) is 0 Å². The maximum absolute atomic E-state index is 4.63. The lowest BCUT2D eigenvalue weighted by molar-refractivity contribution is 0.723. The van der Waals surface area contributed by atoms with E-state index >= 15 is 0 Å². The fourth-order valence-electron chi connectivity index (χ4n) is 2.25. The number of imidazole rings is 1. The van der Waals surface area contributed by atoms with Crippen molar-refractivity contribution < 1.29 is 0 Å². The number of fused-ring (bicyclic) bond motifs is 3. The predicted octanol–water partition coefficient (Wildman–Crippen LogP) is 2.57. The third kappa shape index (κ3) is 1.10. The third-order valence-corrected chi connectivity index (χ3v) is 2.97. The highest BCUT2D eigenvalue weighted by molar-refractivity contribution is 6.01. The van der Waals surface area contributed by atoms with E-state index < -0.39 is 0 Å². The van der Waals surface area contributed by atoms with E-state index in [0.29, 0.717) is 5.92 Å². The van der Waals surface area contributed by atoms with Gasteiger partial charge in [-0.05, 0) is 6.07 Å². The molecule has 0 aromatic carbocycles. The van der Waals surface area contributed by atoms with Gasteiger partial charge in [0.25, 0.3) is 0 Å². The van der Waals surface area contributed by atoms with E-state index in [1.807, 2.05) is 12.4 Å². The summed E-state index contributed by atoms with van der Waals surface area (Å²) in [5.74, 6) is 1.52. The van der Waals surface area contributed by atoms with Crippen LogP contribution in [0.4, 0.5) is 0 Å². The molecule has 4 nitrogen and oxygen atoms in total. The second-order valence-electron chi connectivity index (χ2n) is 4.42. The Labute approximate surface area is 93.3 Å². The number of aromatic amines is 1. The summed E-state index contributed by atoms with van der Waals surface area (Å²) < 4.78 is 2.16. The van der Waals surface area contributed by atoms with Crippen LogP contribution in [-0.2, 0) is 7.05 Å². The summed E-state index contributed by atoms with van der Waals surface area (Å²) in [4.78, 5) is 12.1. The Bertz CT molecular complexity index is 660. The maximum Gasteiger partial charge on any atom is 0.139 e. The lowest BCUT2D eigenvalue weighted by atomic mass is 10.2. The van der Waals surface area contributed by atoms with Gasteiger partial charge in [-0.2, -0.15) is 0 Å². The Hall–Kier alpha value is -1.84. The molecule has 3 rings (SSSR count). The minimum atomic E-state index is 0.423. The van der Waals surface area contributed by atoms with Crippen LogP contribution in [0, 0.1) is 0 Å². The van der Waals surface area contributed by atoms with Gasteiger partial charge in [0.1, 0.15) is 17.0 Å². The van der Waals surface area contributed by atoms with Gasteiger partial charge in [0.05, 0.1) is 11.7 Å². The molecule has 0 atom stereocenters. The second kappa shape index (κ2) is 3.07. The summed E-state index contributed by atoms with van der Waals surface area (Å²) in [5.41, 5.74) is 3.05. The fraction of sp³-hybridized carbons (Fsp3) is 0.333. The van der Waals surface area contributed by atoms with E-state index in [1.54, 1.807) is 0 Å². The molecule has 0 unspecified atom stereocenters. The minimum absolute atomic E-state index is 0.423. The van der Waals surface area contributed by atoms with Crippen molar-refractivity contribution >= 4 is 22.1 Å². The lowest BCUT2D eigenvalue weighted by Gasteiger charge is -2.04. The summed E-state index contributed by atoms with van der Waals surface area (Å²) in [7, 11) is 2.07. The van der Waals surface area contributed by atoms with Crippen molar-refractivity contribution in [3.05, 3.63) is 24.3 Å². The number of rotatable bonds is 1. The van der Waals surface area contributed by atoms with E-state index in [9.17, 15) is 0 Å². The number of nitrogens with one attached hydrogen (secondary N) is 1. The van der Waals surface area contributed by atoms with Gasteiger partial charge in [-0.15, -0.1) is 0 Å². The highest BCUT2D eigenvalue weighted by Crippen LogP contribution is 2.25. The van der Waals surface area contributed by atoms with E-state index in [-0.39, 0.29) is 0 Å². The van der Waals surface area contributed by atoms with E-state index in [2.05, 4.69) is 46.5 Å². The monoisotopic (exact) mass is 214 g/mol. The molecule has 0 aliphatic carbocycles. The molecule has 82 valence electrons. The summed E-state index contributed by atoms with van der Waals surface area (Å²) in [6.07, 6.45) is 3.75. The van der Waals surface area contributed by atoms with Crippen LogP contribution in [0.25, 0.3) is 22.1 Å². The zero-order valence-corrected chi connectivity index (χ0v) is 9.65. The van der Waals surface area contributed by atoms with Crippen molar-refractivity contribution in [3.8, 4) is 0 Å². The second-order valence-corrected chi connectivity index (χ2v) is 4.42. The molecule has 0 radical (unpaired) electrons. The third-order valence-electron chi connectivity index (χ3n) is 2.97. The first-order valence-electron chi connectivity index (χ1n) is 5.47. The highest BCUT2D eigenvalue weighted by atomic mass is 15.1. The molecule has 0 amide bonds. The van der Waals surface area contributed by atoms with Crippen LogP contribution in [0.15, 0.2) is 18.5 Å². The minimum Gasteiger partial charge on any atom is -0.346 e. The van der Waals surface area contributed by atoms with Gasteiger partial charge in [0.15, 0.2) is 0 Å². The van der Waals surface area contributed by atoms with Crippen molar-refractivity contribution in [2.24, 2.45) is 7.05 Å². The Kier molecular flexibility index (Phi) is 1.80. The average Bonchev–Trinajstić information content (AvgIpc) is 2.81. The quantitative estimate of drug-likeness (QED) is 0.676. The Morgan fingerprint density at radius 2 is 2.19 bits per heavy atom. The van der Waals surface area contributed by atoms with E-state index in [4.69, 9.17) is 0 Å². The van der Waals surface area contributed by atoms with Gasteiger partial charge in [0.2, 0.25) is 0 Å². The molecule has 0 saturated heterocycles. The van der Waals surface area contributed by atoms with Gasteiger partial charge in [0, 0.05) is 24.5 Å². The molecule has 0 aliphatic heterocycles. The standard InChI is InChI=1S/C12H14N4/c1-7(2)12-15-9-6-14-11-8(4-5-13-11)10(9)16(12)3/h4-7H,1-3H3,(H,13,14). The van der Waals surface area contributed by atoms with Crippen LogP contribution in [-0.4, -0.2) is 19.5 Å². The van der Waals surface area contributed by atoms with Crippen molar-refractivity contribution in [1.29, 1.82) is 0 Å². The highest BCUT2D eigenvalue weighted by Gasteiger charge is 2.13. The summed E-state index contributed by atoms with van der Waals surface area (Å²) in [6.45, 7) is 4.31. The molecule has 4 heteroatoms. The first-order chi connectivity index (χ1) is 7.68. The lowest BCUT2D eigenvalue weighted by Crippen LogP contribution is -1.99. The summed E-state index contributed by atoms with van der Waals surface area (Å²) in [6, 6.07) is 2.05. The molecule has 3 aromatic rings. The van der Waals surface area contributed by atoms with Gasteiger partial charge in [-0.1, -0.05) is 13.8 Å². The first-order valence-corrected chi connectivity index (χ1v) is 5.47. The summed E-state index contributed by atoms with van der Waals surface area (Å²) >= 11 is 0. The number of pyridine rings is 1. The molecule has 0 spiro atoms. The molecule has 0 bridgehead atoms. The van der Waals surface area contributed by atoms with Crippen LogP contribution in [0.1, 0.15) is 25.6 Å². The molecule has 3 heterocycles. The van der Waals surface area contributed by atoms with E-state index in [0.717, 1.165) is 27.9 Å². The molecule has 0 aliphatic rings. The number of nitrogens with zero attached hydrogens (tertiary/aromatic N) is 3. The molecule has 16 heavy (non-hydrogen) atoms. The fourth-order valence-corrected chi connectivity index (χ4v) is 2.25. The van der Waals surface area contributed by atoms with Crippen molar-refractivity contribution in [1.82, 2.24) is 19.5 Å². The van der Waals surface area contributed by atoms with Gasteiger partial charge in [-0.3, -0.25) is 0 Å². The topological polar surface area (TPSA) is 46.5 Å². The van der Waals surface area contributed by atoms with Crippen LogP contribution in [0.2, 0.25) is 0 Å². The Morgan fingerprint density at radius 1 is 1.38 bits per heavy atom. The van der Waals surface area contributed by atoms with Crippen LogP contribution >= 0.6 is 0 Å². The van der Waals surface area contributed by atoms with Gasteiger partial charge >= 0.3 is 0 Å². The van der Waals surface area contributed by atoms with Crippen LogP contribution < -0.4 is 0 Å². The predicted molar refractivity (Wildman–Crippen MR) is 64.5 cm³/mol. The average molecular weight is 214 g/mol. The van der Waals surface area contributed by atoms with Gasteiger partial charge in [-0.25, -0.2) is 9.97 Å². The van der Waals surface area contributed by atoms with Crippen molar-refractivity contribution in [2.45, 2.75) is 19.8 Å². The molecule has 3 aromatic heterocycles. The normalized spacial score (nSPS) is 12.0. The maximum atomic E-state index is 4.63. The zero-order valence-electron chi connectivity index (χ0n) is 9.65. The van der Waals surface area contributed by atoms with Gasteiger partial charge < -0.3 is 9.55 Å². The number of aryl methyl sites for hydroxylation is 1. The first kappa shape index (κ1) is 9.39. The molecule has 0 saturated carbocycles. The Morgan fingerprint density at radius 3 is 2.94 bits per heavy atom. The SMILES string of the molecule is CC(C)c1nc2cnc3[nH]ccc3c2n1C. The molecule has 0 fully saturated rings. The zero-order chi connectivity index (χ0) is 11.3. The Balaban J connectivity index is 2.49. The number of H-pyrrole nitrogens is 1. The summed E-state index contributed by atoms with van der Waals surface area (Å²) in [5, 5.41) is 1.14. The smallest absolute Gasteiger partial charge is 0.139 e. The molecule has 1 N–H and O–H groups in total. The number of aromatic nitrogens is 4. The van der Waals surface area contributed by atoms with Crippen molar-refractivity contribution in [3.63, 3.8) is 0 Å². The largest absolute Gasteiger partial charge is 0.346 e. The van der Waals surface area contributed by atoms with Crippen LogP contribution in [0.3, 0.4) is 0 Å². The molecular formula is C12H14N4. The molecular weight excluding hydrogens is 200 g/mol. The van der Waals surface area contributed by atoms with E-state index in [1.165, 1.54) is 0 Å². The number of hydrogen-bond donors (Lipinski definition) is 1.